The van der Waals surface area contributed by atoms with Gasteiger partial charge in [0.1, 0.15) is 11.6 Å². The third-order valence-electron chi connectivity index (χ3n) is 3.54. The van der Waals surface area contributed by atoms with Crippen molar-refractivity contribution in [1.29, 1.82) is 0 Å². The predicted octanol–water partition coefficient (Wildman–Crippen LogP) is 4.30. The summed E-state index contributed by atoms with van der Waals surface area (Å²) >= 11 is 1.33. The van der Waals surface area contributed by atoms with Crippen LogP contribution in [0.4, 0.5) is 8.78 Å². The summed E-state index contributed by atoms with van der Waals surface area (Å²) in [6.45, 7) is 0. The molecule has 0 radical (unpaired) electrons. The number of rotatable bonds is 2. The number of aromatic nitrogens is 2. The van der Waals surface area contributed by atoms with Crippen LogP contribution < -0.4 is 0 Å². The summed E-state index contributed by atoms with van der Waals surface area (Å²) in [7, 11) is 0. The second kappa shape index (κ2) is 5.13. The fourth-order valence-electron chi connectivity index (χ4n) is 2.56. The number of hydrogen-bond acceptors (Lipinski definition) is 4. The van der Waals surface area contributed by atoms with Gasteiger partial charge in [-0.05, 0) is 42.5 Å². The Bertz CT molecular complexity index is 1050. The first-order valence-electron chi connectivity index (χ1n) is 6.71. The molecule has 0 saturated heterocycles. The van der Waals surface area contributed by atoms with Crippen LogP contribution in [-0.4, -0.2) is 20.8 Å². The zero-order valence-corrected chi connectivity index (χ0v) is 12.4. The number of fused-ring (bicyclic) bond motifs is 3. The molecule has 1 N–H and O–H groups in total. The van der Waals surface area contributed by atoms with Gasteiger partial charge in [-0.2, -0.15) is 0 Å². The lowest BCUT2D eigenvalue weighted by molar-refractivity contribution is 0.321. The molecule has 2 aromatic heterocycles. The second-order valence-corrected chi connectivity index (χ2v) is 5.94. The van der Waals surface area contributed by atoms with Gasteiger partial charge in [0.25, 0.3) is 0 Å². The fourth-order valence-corrected chi connectivity index (χ4v) is 3.62. The predicted molar refractivity (Wildman–Crippen MR) is 85.3 cm³/mol. The van der Waals surface area contributed by atoms with Crippen LogP contribution in [-0.2, 0) is 0 Å². The van der Waals surface area contributed by atoms with Gasteiger partial charge in [0.2, 0.25) is 0 Å². The lowest BCUT2D eigenvalue weighted by Gasteiger charge is -2.00. The molecule has 7 heteroatoms. The Hall–Kier alpha value is -2.80. The fraction of sp³-hybridized carbons (Fsp3) is 0. The minimum atomic E-state index is -0.340. The minimum absolute atomic E-state index is 0.321. The number of thiazole rings is 1. The van der Waals surface area contributed by atoms with Crippen molar-refractivity contribution in [2.75, 3.05) is 0 Å². The molecule has 0 unspecified atom stereocenters. The lowest BCUT2D eigenvalue weighted by Crippen LogP contribution is -1.93. The highest BCUT2D eigenvalue weighted by molar-refractivity contribution is 7.23. The van der Waals surface area contributed by atoms with E-state index in [0.717, 1.165) is 10.2 Å². The average molecular weight is 329 g/mol. The van der Waals surface area contributed by atoms with Gasteiger partial charge in [-0.25, -0.2) is 13.8 Å². The van der Waals surface area contributed by atoms with E-state index in [1.54, 1.807) is 22.6 Å². The average Bonchev–Trinajstić information content (AvgIpc) is 3.05. The molecule has 4 rings (SSSR count). The van der Waals surface area contributed by atoms with E-state index in [1.807, 2.05) is 0 Å². The van der Waals surface area contributed by atoms with Crippen molar-refractivity contribution >= 4 is 32.7 Å². The highest BCUT2D eigenvalue weighted by Crippen LogP contribution is 2.32. The van der Waals surface area contributed by atoms with Gasteiger partial charge >= 0.3 is 0 Å². The standard InChI is InChI=1S/C16H9F2N3OS/c17-10-3-1-9(2-4-10)15-13(8-19-22)21-12-6-5-11(18)7-14(12)23-16(21)20-15/h1-8,22H/b19-8+. The summed E-state index contributed by atoms with van der Waals surface area (Å²) in [5, 5.41) is 12.1. The lowest BCUT2D eigenvalue weighted by atomic mass is 10.1. The molecule has 2 aromatic carbocycles. The molecule has 0 atom stereocenters. The quantitative estimate of drug-likeness (QED) is 0.339. The number of oxime groups is 1. The summed E-state index contributed by atoms with van der Waals surface area (Å²) in [6.07, 6.45) is 1.27. The van der Waals surface area contributed by atoms with E-state index < -0.39 is 0 Å². The van der Waals surface area contributed by atoms with Crippen molar-refractivity contribution in [3.05, 3.63) is 59.8 Å². The Labute approximate surface area is 132 Å². The smallest absolute Gasteiger partial charge is 0.195 e. The number of imidazole rings is 1. The number of benzene rings is 2. The van der Waals surface area contributed by atoms with Crippen LogP contribution in [0.3, 0.4) is 0 Å². The Morgan fingerprint density at radius 1 is 1.09 bits per heavy atom. The molecule has 0 saturated carbocycles. The molecule has 0 aliphatic heterocycles. The summed E-state index contributed by atoms with van der Waals surface area (Å²) in [4.78, 5) is 5.17. The second-order valence-electron chi connectivity index (χ2n) is 4.93. The van der Waals surface area contributed by atoms with Crippen LogP contribution in [0.25, 0.3) is 26.4 Å². The zero-order chi connectivity index (χ0) is 16.0. The minimum Gasteiger partial charge on any atom is -0.411 e. The molecule has 0 fully saturated rings. The number of hydrogen-bond donors (Lipinski definition) is 1. The number of halogens is 2. The Balaban J connectivity index is 2.05. The van der Waals surface area contributed by atoms with Crippen LogP contribution in [0.5, 0.6) is 0 Å². The third-order valence-corrected chi connectivity index (χ3v) is 4.55. The molecule has 0 bridgehead atoms. The Morgan fingerprint density at radius 3 is 2.57 bits per heavy atom. The van der Waals surface area contributed by atoms with Crippen molar-refractivity contribution in [2.24, 2.45) is 5.16 Å². The molecule has 0 spiro atoms. The van der Waals surface area contributed by atoms with Crippen molar-refractivity contribution in [2.45, 2.75) is 0 Å². The molecule has 23 heavy (non-hydrogen) atoms. The molecule has 114 valence electrons. The van der Waals surface area contributed by atoms with E-state index in [-0.39, 0.29) is 11.6 Å². The van der Waals surface area contributed by atoms with Gasteiger partial charge in [0.05, 0.1) is 27.8 Å². The van der Waals surface area contributed by atoms with Crippen LogP contribution >= 0.6 is 11.3 Å². The molecule has 0 aliphatic rings. The van der Waals surface area contributed by atoms with Gasteiger partial charge in [0.15, 0.2) is 4.96 Å². The maximum Gasteiger partial charge on any atom is 0.195 e. The molecule has 2 heterocycles. The van der Waals surface area contributed by atoms with Crippen molar-refractivity contribution in [1.82, 2.24) is 9.38 Å². The van der Waals surface area contributed by atoms with Gasteiger partial charge < -0.3 is 5.21 Å². The molecular weight excluding hydrogens is 320 g/mol. The summed E-state index contributed by atoms with van der Waals surface area (Å²) in [6, 6.07) is 10.4. The SMILES string of the molecule is O/N=C/c1c(-c2ccc(F)cc2)nc2sc3cc(F)ccc3n12. The highest BCUT2D eigenvalue weighted by Gasteiger charge is 2.17. The van der Waals surface area contributed by atoms with E-state index in [0.29, 0.717) is 21.9 Å². The molecular formula is C16H9F2N3OS. The Morgan fingerprint density at radius 2 is 1.83 bits per heavy atom. The number of nitrogens with zero attached hydrogens (tertiary/aromatic N) is 3. The molecule has 0 amide bonds. The highest BCUT2D eigenvalue weighted by atomic mass is 32.1. The van der Waals surface area contributed by atoms with Gasteiger partial charge in [-0.15, -0.1) is 0 Å². The van der Waals surface area contributed by atoms with Gasteiger partial charge in [-0.1, -0.05) is 16.5 Å². The zero-order valence-electron chi connectivity index (χ0n) is 11.6. The first-order valence-corrected chi connectivity index (χ1v) is 7.53. The van der Waals surface area contributed by atoms with Gasteiger partial charge in [0, 0.05) is 5.56 Å². The van der Waals surface area contributed by atoms with Crippen molar-refractivity contribution in [3.63, 3.8) is 0 Å². The maximum absolute atomic E-state index is 13.4. The first-order chi connectivity index (χ1) is 11.2. The molecule has 4 nitrogen and oxygen atoms in total. The van der Waals surface area contributed by atoms with Crippen LogP contribution in [0.2, 0.25) is 0 Å². The third kappa shape index (κ3) is 2.17. The van der Waals surface area contributed by atoms with Gasteiger partial charge in [-0.3, -0.25) is 4.40 Å². The van der Waals surface area contributed by atoms with E-state index in [4.69, 9.17) is 5.21 Å². The summed E-state index contributed by atoms with van der Waals surface area (Å²) < 4.78 is 29.0. The molecule has 0 aliphatic carbocycles. The normalized spacial score (nSPS) is 11.9. The van der Waals surface area contributed by atoms with Crippen LogP contribution in [0.15, 0.2) is 47.6 Å². The Kier molecular flexibility index (Phi) is 3.09. The topological polar surface area (TPSA) is 49.9 Å². The van der Waals surface area contributed by atoms with E-state index in [9.17, 15) is 8.78 Å². The first kappa shape index (κ1) is 13.8. The van der Waals surface area contributed by atoms with E-state index in [2.05, 4.69) is 10.1 Å². The van der Waals surface area contributed by atoms with Crippen LogP contribution in [0, 0.1) is 11.6 Å². The van der Waals surface area contributed by atoms with Crippen molar-refractivity contribution < 1.29 is 14.0 Å². The largest absolute Gasteiger partial charge is 0.411 e. The summed E-state index contributed by atoms with van der Waals surface area (Å²) in [5.41, 5.74) is 2.59. The van der Waals surface area contributed by atoms with Crippen LogP contribution in [0.1, 0.15) is 5.69 Å². The van der Waals surface area contributed by atoms with E-state index >= 15 is 0 Å². The van der Waals surface area contributed by atoms with Crippen molar-refractivity contribution in [3.8, 4) is 11.3 Å². The summed E-state index contributed by atoms with van der Waals surface area (Å²) in [5.74, 6) is -0.661. The molecule has 4 aromatic rings. The monoisotopic (exact) mass is 329 g/mol. The maximum atomic E-state index is 13.4. The van der Waals surface area contributed by atoms with E-state index in [1.165, 1.54) is 41.8 Å².